The topological polar surface area (TPSA) is 47.3 Å². The first-order valence-corrected chi connectivity index (χ1v) is 5.40. The maximum atomic E-state index is 5.70. The highest BCUT2D eigenvalue weighted by atomic mass is 16.5. The van der Waals surface area contributed by atoms with Gasteiger partial charge in [-0.2, -0.15) is 0 Å². The van der Waals surface area contributed by atoms with Gasteiger partial charge in [0.15, 0.2) is 11.1 Å². The van der Waals surface area contributed by atoms with Crippen molar-refractivity contribution in [3.63, 3.8) is 0 Å². The number of para-hydroxylation sites is 1. The molecule has 4 nitrogen and oxygen atoms in total. The van der Waals surface area contributed by atoms with Crippen LogP contribution >= 0.6 is 0 Å². The van der Waals surface area contributed by atoms with E-state index in [2.05, 4.69) is 17.2 Å². The van der Waals surface area contributed by atoms with Crippen LogP contribution < -0.4 is 10.1 Å². The van der Waals surface area contributed by atoms with Crippen molar-refractivity contribution < 1.29 is 9.15 Å². The molecule has 0 aliphatic carbocycles. The zero-order valence-electron chi connectivity index (χ0n) is 9.78. The Balaban J connectivity index is 2.50. The molecule has 1 aromatic carbocycles. The van der Waals surface area contributed by atoms with Crippen LogP contribution in [0, 0.1) is 0 Å². The second-order valence-electron chi connectivity index (χ2n) is 3.61. The largest absolute Gasteiger partial charge is 0.494 e. The summed E-state index contributed by atoms with van der Waals surface area (Å²) in [5, 5.41) is 3.17. The second-order valence-corrected chi connectivity index (χ2v) is 3.61. The number of nitrogens with zero attached hydrogens (tertiary/aromatic N) is 1. The summed E-state index contributed by atoms with van der Waals surface area (Å²) in [6.45, 7) is 2.09. The summed E-state index contributed by atoms with van der Waals surface area (Å²) in [6, 6.07) is 5.83. The van der Waals surface area contributed by atoms with E-state index in [1.807, 2.05) is 25.2 Å². The van der Waals surface area contributed by atoms with Crippen LogP contribution in [0.25, 0.3) is 11.1 Å². The third-order valence-electron chi connectivity index (χ3n) is 2.67. The second kappa shape index (κ2) is 4.53. The Morgan fingerprint density at radius 1 is 1.50 bits per heavy atom. The van der Waals surface area contributed by atoms with E-state index in [4.69, 9.17) is 9.15 Å². The van der Waals surface area contributed by atoms with Crippen LogP contribution in [-0.2, 0) is 0 Å². The van der Waals surface area contributed by atoms with E-state index in [9.17, 15) is 0 Å². The van der Waals surface area contributed by atoms with Crippen molar-refractivity contribution >= 4 is 11.1 Å². The number of methoxy groups -OCH3 is 1. The van der Waals surface area contributed by atoms with Crippen molar-refractivity contribution in [2.24, 2.45) is 0 Å². The Morgan fingerprint density at radius 3 is 2.94 bits per heavy atom. The lowest BCUT2D eigenvalue weighted by molar-refractivity contribution is 0.419. The summed E-state index contributed by atoms with van der Waals surface area (Å²) in [7, 11) is 3.54. The molecule has 0 amide bonds. The summed E-state index contributed by atoms with van der Waals surface area (Å²) < 4.78 is 10.9. The van der Waals surface area contributed by atoms with Crippen LogP contribution in [0.1, 0.15) is 25.3 Å². The van der Waals surface area contributed by atoms with Crippen molar-refractivity contribution in [3.05, 3.63) is 24.1 Å². The number of fused-ring (bicyclic) bond motifs is 1. The SMILES string of the molecule is CCC(NC)c1nc2c(OC)cccc2o1. The van der Waals surface area contributed by atoms with Gasteiger partial charge in [0.25, 0.3) is 0 Å². The number of ether oxygens (including phenoxy) is 1. The molecule has 0 spiro atoms. The van der Waals surface area contributed by atoms with Crippen LogP contribution in [-0.4, -0.2) is 19.1 Å². The molecule has 4 heteroatoms. The first kappa shape index (κ1) is 11.0. The first-order valence-electron chi connectivity index (χ1n) is 5.40. The van der Waals surface area contributed by atoms with Gasteiger partial charge in [-0.3, -0.25) is 0 Å². The van der Waals surface area contributed by atoms with Gasteiger partial charge in [0.2, 0.25) is 5.89 Å². The molecule has 1 heterocycles. The number of rotatable bonds is 4. The summed E-state index contributed by atoms with van der Waals surface area (Å²) in [5.74, 6) is 1.46. The van der Waals surface area contributed by atoms with Gasteiger partial charge in [0.05, 0.1) is 13.2 Å². The average Bonchev–Trinajstić information content (AvgIpc) is 2.73. The quantitative estimate of drug-likeness (QED) is 0.860. The molecule has 0 fully saturated rings. The number of aromatic nitrogens is 1. The summed E-state index contributed by atoms with van der Waals surface area (Å²) in [6.07, 6.45) is 0.936. The fourth-order valence-electron chi connectivity index (χ4n) is 1.76. The van der Waals surface area contributed by atoms with E-state index in [1.165, 1.54) is 0 Å². The van der Waals surface area contributed by atoms with E-state index in [0.717, 1.165) is 23.3 Å². The average molecular weight is 220 g/mol. The summed E-state index contributed by atoms with van der Waals surface area (Å²) in [4.78, 5) is 4.47. The van der Waals surface area contributed by atoms with Gasteiger partial charge < -0.3 is 14.5 Å². The van der Waals surface area contributed by atoms with Gasteiger partial charge in [0.1, 0.15) is 5.75 Å². The normalized spacial score (nSPS) is 12.9. The molecule has 1 N–H and O–H groups in total. The van der Waals surface area contributed by atoms with Crippen LogP contribution in [0.3, 0.4) is 0 Å². The van der Waals surface area contributed by atoms with Crippen LogP contribution in [0.5, 0.6) is 5.75 Å². The summed E-state index contributed by atoms with van der Waals surface area (Å²) >= 11 is 0. The zero-order valence-corrected chi connectivity index (χ0v) is 9.78. The van der Waals surface area contributed by atoms with Crippen molar-refractivity contribution in [1.29, 1.82) is 0 Å². The van der Waals surface area contributed by atoms with Gasteiger partial charge in [-0.15, -0.1) is 0 Å². The molecule has 2 rings (SSSR count). The fraction of sp³-hybridized carbons (Fsp3) is 0.417. The Bertz CT molecular complexity index is 475. The molecular weight excluding hydrogens is 204 g/mol. The molecular formula is C12H16N2O2. The van der Waals surface area contributed by atoms with Gasteiger partial charge in [0, 0.05) is 0 Å². The Kier molecular flexibility index (Phi) is 3.10. The molecule has 0 aliphatic rings. The molecule has 1 atom stereocenters. The Labute approximate surface area is 94.6 Å². The minimum atomic E-state index is 0.150. The highest BCUT2D eigenvalue weighted by Crippen LogP contribution is 2.28. The molecule has 1 aromatic heterocycles. The molecule has 0 radical (unpaired) electrons. The fourth-order valence-corrected chi connectivity index (χ4v) is 1.76. The van der Waals surface area contributed by atoms with Gasteiger partial charge in [-0.1, -0.05) is 13.0 Å². The van der Waals surface area contributed by atoms with E-state index in [0.29, 0.717) is 5.89 Å². The predicted octanol–water partition coefficient (Wildman–Crippen LogP) is 2.51. The molecule has 86 valence electrons. The third-order valence-corrected chi connectivity index (χ3v) is 2.67. The maximum absolute atomic E-state index is 5.70. The lowest BCUT2D eigenvalue weighted by Crippen LogP contribution is -2.15. The van der Waals surface area contributed by atoms with Crippen molar-refractivity contribution in [2.75, 3.05) is 14.2 Å². The number of benzene rings is 1. The van der Waals surface area contributed by atoms with Crippen LogP contribution in [0.15, 0.2) is 22.6 Å². The Hall–Kier alpha value is -1.55. The van der Waals surface area contributed by atoms with Gasteiger partial charge in [-0.25, -0.2) is 4.98 Å². The lowest BCUT2D eigenvalue weighted by atomic mass is 10.2. The monoisotopic (exact) mass is 220 g/mol. The maximum Gasteiger partial charge on any atom is 0.212 e. The molecule has 2 aromatic rings. The van der Waals surface area contributed by atoms with Crippen LogP contribution in [0.2, 0.25) is 0 Å². The zero-order chi connectivity index (χ0) is 11.5. The lowest BCUT2D eigenvalue weighted by Gasteiger charge is -2.07. The van der Waals surface area contributed by atoms with E-state index >= 15 is 0 Å². The van der Waals surface area contributed by atoms with Crippen LogP contribution in [0.4, 0.5) is 0 Å². The molecule has 0 bridgehead atoms. The van der Waals surface area contributed by atoms with E-state index in [1.54, 1.807) is 7.11 Å². The number of hydrogen-bond acceptors (Lipinski definition) is 4. The highest BCUT2D eigenvalue weighted by molar-refractivity contribution is 5.79. The molecule has 16 heavy (non-hydrogen) atoms. The van der Waals surface area contributed by atoms with Gasteiger partial charge >= 0.3 is 0 Å². The Morgan fingerprint density at radius 2 is 2.31 bits per heavy atom. The third kappa shape index (κ3) is 1.76. The van der Waals surface area contributed by atoms with Crippen molar-refractivity contribution in [1.82, 2.24) is 10.3 Å². The number of nitrogens with one attached hydrogen (secondary N) is 1. The molecule has 1 unspecified atom stereocenters. The molecule has 0 saturated heterocycles. The number of oxazole rings is 1. The molecule has 0 aliphatic heterocycles. The van der Waals surface area contributed by atoms with E-state index < -0.39 is 0 Å². The number of hydrogen-bond donors (Lipinski definition) is 1. The molecule has 0 saturated carbocycles. The van der Waals surface area contributed by atoms with Crippen molar-refractivity contribution in [2.45, 2.75) is 19.4 Å². The van der Waals surface area contributed by atoms with Crippen molar-refractivity contribution in [3.8, 4) is 5.75 Å². The minimum Gasteiger partial charge on any atom is -0.494 e. The van der Waals surface area contributed by atoms with E-state index in [-0.39, 0.29) is 6.04 Å². The standard InChI is InChI=1S/C12H16N2O2/c1-4-8(13-2)12-14-11-9(15-3)6-5-7-10(11)16-12/h5-8,13H,4H2,1-3H3. The minimum absolute atomic E-state index is 0.150. The smallest absolute Gasteiger partial charge is 0.212 e. The predicted molar refractivity (Wildman–Crippen MR) is 62.7 cm³/mol. The first-order chi connectivity index (χ1) is 7.80. The highest BCUT2D eigenvalue weighted by Gasteiger charge is 2.16. The summed E-state index contributed by atoms with van der Waals surface area (Å²) in [5.41, 5.74) is 1.55. The van der Waals surface area contributed by atoms with Gasteiger partial charge in [-0.05, 0) is 25.6 Å².